The molecule has 2 saturated heterocycles. The first kappa shape index (κ1) is 12.0. The third-order valence-corrected chi connectivity index (χ3v) is 4.84. The molecule has 0 bridgehead atoms. The van der Waals surface area contributed by atoms with Crippen molar-refractivity contribution in [2.24, 2.45) is 11.8 Å². The number of piperazine rings is 1. The molecule has 3 unspecified atom stereocenters. The molecule has 0 spiro atoms. The first-order valence-electron chi connectivity index (χ1n) is 7.20. The van der Waals surface area contributed by atoms with Crippen LogP contribution in [0.1, 0.15) is 39.5 Å². The van der Waals surface area contributed by atoms with E-state index in [-0.39, 0.29) is 23.9 Å². The van der Waals surface area contributed by atoms with Gasteiger partial charge in [0.1, 0.15) is 12.1 Å². The van der Waals surface area contributed by atoms with E-state index in [1.807, 2.05) is 11.8 Å². The lowest BCUT2D eigenvalue weighted by Crippen LogP contribution is -2.62. The highest BCUT2D eigenvalue weighted by Gasteiger charge is 2.46. The van der Waals surface area contributed by atoms with Gasteiger partial charge < -0.3 is 9.80 Å². The lowest BCUT2D eigenvalue weighted by atomic mass is 10.0. The molecule has 4 heteroatoms. The fourth-order valence-electron chi connectivity index (χ4n) is 3.42. The Hall–Kier alpha value is -1.06. The molecule has 3 fully saturated rings. The van der Waals surface area contributed by atoms with Crippen molar-refractivity contribution in [1.29, 1.82) is 0 Å². The van der Waals surface area contributed by atoms with Gasteiger partial charge in [0.2, 0.25) is 11.8 Å². The topological polar surface area (TPSA) is 40.6 Å². The van der Waals surface area contributed by atoms with Gasteiger partial charge >= 0.3 is 0 Å². The van der Waals surface area contributed by atoms with E-state index in [0.717, 1.165) is 31.8 Å². The van der Waals surface area contributed by atoms with Crippen molar-refractivity contribution in [2.75, 3.05) is 13.1 Å². The summed E-state index contributed by atoms with van der Waals surface area (Å²) >= 11 is 0. The largest absolute Gasteiger partial charge is 0.329 e. The molecule has 2 heterocycles. The van der Waals surface area contributed by atoms with Crippen LogP contribution in [0.15, 0.2) is 0 Å². The van der Waals surface area contributed by atoms with Crippen molar-refractivity contribution in [3.63, 3.8) is 0 Å². The molecule has 1 aliphatic carbocycles. The molecule has 3 aliphatic rings. The molecule has 18 heavy (non-hydrogen) atoms. The predicted molar refractivity (Wildman–Crippen MR) is 67.8 cm³/mol. The molecule has 0 aromatic rings. The zero-order valence-corrected chi connectivity index (χ0v) is 11.3. The van der Waals surface area contributed by atoms with Gasteiger partial charge in [0.05, 0.1) is 0 Å². The molecule has 0 aromatic heterocycles. The molecule has 4 nitrogen and oxygen atoms in total. The fourth-order valence-corrected chi connectivity index (χ4v) is 3.42. The van der Waals surface area contributed by atoms with E-state index in [9.17, 15) is 9.59 Å². The van der Waals surface area contributed by atoms with Crippen molar-refractivity contribution in [2.45, 2.75) is 51.6 Å². The quantitative estimate of drug-likeness (QED) is 0.756. The van der Waals surface area contributed by atoms with Crippen LogP contribution in [0.3, 0.4) is 0 Å². The van der Waals surface area contributed by atoms with Crippen molar-refractivity contribution in [3.8, 4) is 0 Å². The number of carbonyl (C=O) groups is 2. The van der Waals surface area contributed by atoms with E-state index in [0.29, 0.717) is 5.92 Å². The summed E-state index contributed by atoms with van der Waals surface area (Å²) in [6.07, 6.45) is 4.41. The number of amides is 2. The number of nitrogens with zero attached hydrogens (tertiary/aromatic N) is 2. The second kappa shape index (κ2) is 4.25. The zero-order valence-electron chi connectivity index (χ0n) is 11.3. The Labute approximate surface area is 108 Å². The SMILES string of the molecule is CC(CN1C(=O)C2CCCN2C(=O)C1C)C1CC1. The van der Waals surface area contributed by atoms with Gasteiger partial charge in [-0.05, 0) is 44.4 Å². The molecule has 100 valence electrons. The Bertz CT molecular complexity index is 378. The smallest absolute Gasteiger partial charge is 0.246 e. The Morgan fingerprint density at radius 3 is 2.61 bits per heavy atom. The van der Waals surface area contributed by atoms with Crippen LogP contribution in [-0.4, -0.2) is 46.8 Å². The predicted octanol–water partition coefficient (Wildman–Crippen LogP) is 1.25. The van der Waals surface area contributed by atoms with Gasteiger partial charge in [0, 0.05) is 13.1 Å². The molecule has 3 atom stereocenters. The second-order valence-corrected chi connectivity index (χ2v) is 6.17. The van der Waals surface area contributed by atoms with Crippen LogP contribution in [-0.2, 0) is 9.59 Å². The molecule has 2 amide bonds. The minimum Gasteiger partial charge on any atom is -0.329 e. The van der Waals surface area contributed by atoms with Crippen LogP contribution in [0.4, 0.5) is 0 Å². The number of fused-ring (bicyclic) bond motifs is 1. The number of hydrogen-bond donors (Lipinski definition) is 0. The second-order valence-electron chi connectivity index (χ2n) is 6.17. The Kier molecular flexibility index (Phi) is 2.83. The van der Waals surface area contributed by atoms with Crippen LogP contribution in [0.25, 0.3) is 0 Å². The summed E-state index contributed by atoms with van der Waals surface area (Å²) in [5, 5.41) is 0. The van der Waals surface area contributed by atoms with Gasteiger partial charge in [-0.25, -0.2) is 0 Å². The van der Waals surface area contributed by atoms with Crippen molar-refractivity contribution < 1.29 is 9.59 Å². The van der Waals surface area contributed by atoms with Crippen LogP contribution >= 0.6 is 0 Å². The van der Waals surface area contributed by atoms with E-state index in [1.165, 1.54) is 12.8 Å². The highest BCUT2D eigenvalue weighted by Crippen LogP contribution is 2.38. The normalized spacial score (nSPS) is 33.9. The van der Waals surface area contributed by atoms with Crippen LogP contribution in [0, 0.1) is 11.8 Å². The summed E-state index contributed by atoms with van der Waals surface area (Å²) in [7, 11) is 0. The molecule has 3 rings (SSSR count). The monoisotopic (exact) mass is 250 g/mol. The molecule has 1 saturated carbocycles. The summed E-state index contributed by atoms with van der Waals surface area (Å²) in [6, 6.07) is -0.409. The maximum Gasteiger partial charge on any atom is 0.246 e. The molecule has 0 aromatic carbocycles. The van der Waals surface area contributed by atoms with Crippen LogP contribution in [0.2, 0.25) is 0 Å². The van der Waals surface area contributed by atoms with Gasteiger partial charge in [0.15, 0.2) is 0 Å². The van der Waals surface area contributed by atoms with Crippen molar-refractivity contribution >= 4 is 11.8 Å². The van der Waals surface area contributed by atoms with Crippen LogP contribution < -0.4 is 0 Å². The molecule has 2 aliphatic heterocycles. The first-order valence-corrected chi connectivity index (χ1v) is 7.20. The van der Waals surface area contributed by atoms with Gasteiger partial charge in [-0.1, -0.05) is 6.92 Å². The van der Waals surface area contributed by atoms with E-state index in [1.54, 1.807) is 4.90 Å². The summed E-state index contributed by atoms with van der Waals surface area (Å²) in [5.41, 5.74) is 0. The van der Waals surface area contributed by atoms with E-state index in [4.69, 9.17) is 0 Å². The van der Waals surface area contributed by atoms with Crippen LogP contribution in [0.5, 0.6) is 0 Å². The highest BCUT2D eigenvalue weighted by molar-refractivity contribution is 5.97. The minimum atomic E-state index is -0.256. The standard InChI is InChI=1S/C14H22N2O2/c1-9(11-5-6-11)8-16-10(2)13(17)15-7-3-4-12(15)14(16)18/h9-12H,3-8H2,1-2H3. The average Bonchev–Trinajstić information content (AvgIpc) is 3.09. The van der Waals surface area contributed by atoms with E-state index in [2.05, 4.69) is 6.92 Å². The van der Waals surface area contributed by atoms with Gasteiger partial charge in [-0.15, -0.1) is 0 Å². The van der Waals surface area contributed by atoms with Crippen molar-refractivity contribution in [3.05, 3.63) is 0 Å². The summed E-state index contributed by atoms with van der Waals surface area (Å²) in [6.45, 7) is 5.63. The van der Waals surface area contributed by atoms with E-state index >= 15 is 0 Å². The summed E-state index contributed by atoms with van der Waals surface area (Å²) in [5.74, 6) is 1.66. The number of hydrogen-bond acceptors (Lipinski definition) is 2. The third-order valence-electron chi connectivity index (χ3n) is 4.84. The lowest BCUT2D eigenvalue weighted by Gasteiger charge is -2.42. The van der Waals surface area contributed by atoms with Crippen molar-refractivity contribution in [1.82, 2.24) is 9.80 Å². The Morgan fingerprint density at radius 2 is 1.94 bits per heavy atom. The minimum absolute atomic E-state index is 0.153. The van der Waals surface area contributed by atoms with Gasteiger partial charge in [-0.2, -0.15) is 0 Å². The summed E-state index contributed by atoms with van der Waals surface area (Å²) in [4.78, 5) is 28.4. The average molecular weight is 250 g/mol. The summed E-state index contributed by atoms with van der Waals surface area (Å²) < 4.78 is 0. The maximum atomic E-state index is 12.5. The Balaban J connectivity index is 1.75. The molecule has 0 N–H and O–H groups in total. The fraction of sp³-hybridized carbons (Fsp3) is 0.857. The lowest BCUT2D eigenvalue weighted by molar-refractivity contribution is -0.159. The maximum absolute atomic E-state index is 12.5. The van der Waals surface area contributed by atoms with Gasteiger partial charge in [-0.3, -0.25) is 9.59 Å². The third kappa shape index (κ3) is 1.82. The number of rotatable bonds is 3. The first-order chi connectivity index (χ1) is 8.59. The molecule has 0 radical (unpaired) electrons. The molecular weight excluding hydrogens is 228 g/mol. The van der Waals surface area contributed by atoms with E-state index < -0.39 is 0 Å². The zero-order chi connectivity index (χ0) is 12.9. The Morgan fingerprint density at radius 1 is 1.22 bits per heavy atom. The molecular formula is C14H22N2O2. The highest BCUT2D eigenvalue weighted by atomic mass is 16.2. The number of carbonyl (C=O) groups excluding carboxylic acids is 2. The van der Waals surface area contributed by atoms with Gasteiger partial charge in [0.25, 0.3) is 0 Å².